The normalized spacial score (nSPS) is 17.0. The van der Waals surface area contributed by atoms with Crippen LogP contribution in [0.3, 0.4) is 0 Å². The molecule has 5 aromatic carbocycles. The van der Waals surface area contributed by atoms with Crippen LogP contribution in [0.4, 0.5) is 17.1 Å². The van der Waals surface area contributed by atoms with E-state index in [1.807, 2.05) is 18.2 Å². The molecular weight excluding hydrogens is 884 g/mol. The van der Waals surface area contributed by atoms with Crippen molar-refractivity contribution < 1.29 is 0 Å². The van der Waals surface area contributed by atoms with Crippen LogP contribution in [-0.4, -0.2) is 47.1 Å². The van der Waals surface area contributed by atoms with Crippen LogP contribution >= 0.6 is 0 Å². The first-order chi connectivity index (χ1) is 35.5. The van der Waals surface area contributed by atoms with Gasteiger partial charge in [-0.3, -0.25) is 0 Å². The second-order valence-corrected chi connectivity index (χ2v) is 22.2. The van der Waals surface area contributed by atoms with E-state index in [0.717, 1.165) is 36.8 Å². The molecule has 0 bridgehead atoms. The van der Waals surface area contributed by atoms with Crippen molar-refractivity contribution in [1.29, 1.82) is 0 Å². The lowest BCUT2D eigenvalue weighted by molar-refractivity contribution is 0.756. The van der Waals surface area contributed by atoms with Gasteiger partial charge in [-0.25, -0.2) is 0 Å². The average molecular weight is 959 g/mol. The summed E-state index contributed by atoms with van der Waals surface area (Å²) in [5.74, 6) is 0.753. The summed E-state index contributed by atoms with van der Waals surface area (Å²) in [5.41, 5.74) is 40.1. The maximum absolute atomic E-state index is 4.05. The molecule has 0 aromatic heterocycles. The van der Waals surface area contributed by atoms with Crippen molar-refractivity contribution in [2.75, 3.05) is 4.90 Å². The number of nitrogens with zero attached hydrogens (tertiary/aromatic N) is 1. The molecule has 0 N–H and O–H groups in total. The highest BCUT2D eigenvalue weighted by atomic mass is 15.1. The van der Waals surface area contributed by atoms with Crippen LogP contribution < -0.4 is 37.7 Å². The van der Waals surface area contributed by atoms with Crippen LogP contribution in [0.5, 0.6) is 0 Å². The fourth-order valence-corrected chi connectivity index (χ4v) is 13.2. The van der Waals surface area contributed by atoms with E-state index in [2.05, 4.69) is 218 Å². The quantitative estimate of drug-likeness (QED) is 0.0842. The van der Waals surface area contributed by atoms with Crippen molar-refractivity contribution in [3.05, 3.63) is 206 Å². The Labute approximate surface area is 451 Å². The van der Waals surface area contributed by atoms with Gasteiger partial charge in [0, 0.05) is 23.0 Å². The van der Waals surface area contributed by atoms with Gasteiger partial charge >= 0.3 is 0 Å². The predicted octanol–water partition coefficient (Wildman–Crippen LogP) is 9.07. The van der Waals surface area contributed by atoms with Crippen molar-refractivity contribution in [2.24, 2.45) is 5.92 Å². The molecule has 4 aliphatic carbocycles. The number of allylic oxidation sites excluding steroid dienone is 18. The van der Waals surface area contributed by atoms with Gasteiger partial charge in [-0.05, 0) is 198 Å². The molecule has 1 nitrogen and oxygen atoms in total. The first-order valence-electron chi connectivity index (χ1n) is 27.7. The van der Waals surface area contributed by atoms with Crippen LogP contribution in [0.15, 0.2) is 179 Å². The van der Waals surface area contributed by atoms with Gasteiger partial charge in [-0.2, -0.15) is 0 Å². The predicted molar refractivity (Wildman–Crippen MR) is 345 cm³/mol. The number of rotatable bonds is 13. The SMILES string of the molecule is Bc1c(B)c(-c2c(B)c(B)c(N(c3ccc(-c4ccc(/C(C=C)=C/C=C)cc4)cc3)c3ccccc3C3CC=CC4=C3C3=C(C4)C4=C(CCC=C4)CC3)c(C)c2B)c(B)c(C)c1C(=C(\C)CC)/C(C)=C(/C)C(C)C. The van der Waals surface area contributed by atoms with Gasteiger partial charge in [0.2, 0.25) is 0 Å². The number of benzene rings is 5. The fraction of sp³-hybridized carbons (Fsp3) is 0.254. The Hall–Kier alpha value is -6.31. The zero-order valence-corrected chi connectivity index (χ0v) is 47.4. The maximum Gasteiger partial charge on any atom is 0.141 e. The Bertz CT molecular complexity index is 3360. The largest absolute Gasteiger partial charge is 0.311 e. The molecule has 4 aliphatic rings. The third kappa shape index (κ3) is 9.11. The zero-order valence-electron chi connectivity index (χ0n) is 47.4. The second-order valence-electron chi connectivity index (χ2n) is 22.2. The van der Waals surface area contributed by atoms with Gasteiger partial charge in [0.25, 0.3) is 0 Å². The molecular formula is C67H75B6N. The van der Waals surface area contributed by atoms with Gasteiger partial charge < -0.3 is 4.90 Å². The van der Waals surface area contributed by atoms with Gasteiger partial charge in [-0.15, -0.1) is 0 Å². The summed E-state index contributed by atoms with van der Waals surface area (Å²) in [7, 11) is 14.3. The van der Waals surface area contributed by atoms with Gasteiger partial charge in [0.1, 0.15) is 47.1 Å². The van der Waals surface area contributed by atoms with Crippen molar-refractivity contribution in [2.45, 2.75) is 106 Å². The van der Waals surface area contributed by atoms with Crippen LogP contribution in [0.25, 0.3) is 33.4 Å². The molecule has 9 rings (SSSR count). The van der Waals surface area contributed by atoms with E-state index >= 15 is 0 Å². The minimum atomic E-state index is 0.263. The molecule has 1 unspecified atom stereocenters. The highest BCUT2D eigenvalue weighted by molar-refractivity contribution is 6.61. The van der Waals surface area contributed by atoms with Crippen LogP contribution in [-0.2, 0) is 0 Å². The smallest absolute Gasteiger partial charge is 0.141 e. The van der Waals surface area contributed by atoms with Crippen molar-refractivity contribution in [1.82, 2.24) is 0 Å². The number of hydrogen-bond acceptors (Lipinski definition) is 1. The summed E-state index contributed by atoms with van der Waals surface area (Å²) in [5, 5.41) is 0. The molecule has 0 saturated heterocycles. The first-order valence-corrected chi connectivity index (χ1v) is 27.7. The Morgan fingerprint density at radius 3 is 2.01 bits per heavy atom. The molecule has 1 atom stereocenters. The topological polar surface area (TPSA) is 3.24 Å². The van der Waals surface area contributed by atoms with Crippen molar-refractivity contribution in [3.8, 4) is 22.3 Å². The van der Waals surface area contributed by atoms with Crippen LogP contribution in [0, 0.1) is 19.8 Å². The zero-order chi connectivity index (χ0) is 52.9. The van der Waals surface area contributed by atoms with E-state index in [1.54, 1.807) is 27.9 Å². The number of para-hydroxylation sites is 1. The lowest BCUT2D eigenvalue weighted by Gasteiger charge is -2.36. The summed E-state index contributed by atoms with van der Waals surface area (Å²) < 4.78 is 0. The molecule has 7 heteroatoms. The molecule has 0 saturated carbocycles. The standard InChI is InChI=1S/C67H75B6N/c1-11-19-43(13-3)44-26-28-45(29-27-44)46-30-33-49(34-31-46)74(55-25-17-16-23-51(55)52-24-18-21-48-36-54-50-22-15-14-20-47(50)32-35-53(54)58(48)52)67-42(10)62(69)60(65(72)66(67)73)59-61(68)41(9)57(63(70)64(59)71)56(38(6)12-2)40(8)39(7)37(4)5/h11,13,15-19,21-23,25-31,33-34,37,52H,1,3,12,14,20,24,32,35-36,68-73H2,2,4-10H3/b40-39-,43-19+,56-38+. The maximum atomic E-state index is 4.05. The Morgan fingerprint density at radius 1 is 0.716 bits per heavy atom. The van der Waals surface area contributed by atoms with E-state index in [1.165, 1.54) is 141 Å². The molecule has 74 heavy (non-hydrogen) atoms. The van der Waals surface area contributed by atoms with Gasteiger partial charge in [0.05, 0.1) is 0 Å². The van der Waals surface area contributed by atoms with Crippen LogP contribution in [0.1, 0.15) is 120 Å². The molecule has 0 amide bonds. The third-order valence-electron chi connectivity index (χ3n) is 18.2. The minimum absolute atomic E-state index is 0.263. The monoisotopic (exact) mass is 960 g/mol. The first kappa shape index (κ1) is 52.5. The molecule has 366 valence electrons. The number of anilines is 3. The fourth-order valence-electron chi connectivity index (χ4n) is 13.2. The summed E-state index contributed by atoms with van der Waals surface area (Å²) in [6, 6.07) is 27.6. The Morgan fingerprint density at radius 2 is 1.36 bits per heavy atom. The summed E-state index contributed by atoms with van der Waals surface area (Å²) in [6.45, 7) is 26.8. The Balaban J connectivity index is 1.23. The van der Waals surface area contributed by atoms with Crippen molar-refractivity contribution in [3.63, 3.8) is 0 Å². The summed E-state index contributed by atoms with van der Waals surface area (Å²) in [4.78, 5) is 2.64. The lowest BCUT2D eigenvalue weighted by Crippen LogP contribution is -2.45. The summed E-state index contributed by atoms with van der Waals surface area (Å²) >= 11 is 0. The second kappa shape index (κ2) is 21.5. The number of fused-ring (bicyclic) bond motifs is 2. The van der Waals surface area contributed by atoms with Gasteiger partial charge in [-0.1, -0.05) is 181 Å². The van der Waals surface area contributed by atoms with E-state index in [-0.39, 0.29) is 5.92 Å². The minimum Gasteiger partial charge on any atom is -0.311 e. The van der Waals surface area contributed by atoms with E-state index in [0.29, 0.717) is 5.92 Å². The average Bonchev–Trinajstić information content (AvgIpc) is 3.82. The molecule has 0 heterocycles. The highest BCUT2D eigenvalue weighted by Crippen LogP contribution is 2.54. The van der Waals surface area contributed by atoms with E-state index in [9.17, 15) is 0 Å². The molecule has 0 radical (unpaired) electrons. The van der Waals surface area contributed by atoms with Crippen molar-refractivity contribution >= 4 is 108 Å². The molecule has 0 fully saturated rings. The Kier molecular flexibility index (Phi) is 15.3. The van der Waals surface area contributed by atoms with Gasteiger partial charge in [0.15, 0.2) is 0 Å². The van der Waals surface area contributed by atoms with Crippen LogP contribution in [0.2, 0.25) is 0 Å². The molecule has 5 aromatic rings. The highest BCUT2D eigenvalue weighted by Gasteiger charge is 2.37. The van der Waals surface area contributed by atoms with E-state index in [4.69, 9.17) is 0 Å². The number of hydrogen-bond donors (Lipinski definition) is 0. The summed E-state index contributed by atoms with van der Waals surface area (Å²) in [6.07, 6.45) is 23.3. The molecule has 0 spiro atoms. The lowest BCUT2D eigenvalue weighted by atomic mass is 9.60. The van der Waals surface area contributed by atoms with E-state index < -0.39 is 0 Å². The third-order valence-corrected chi connectivity index (χ3v) is 18.2. The molecule has 0 aliphatic heterocycles.